The average molecular weight is 370 g/mol. The van der Waals surface area contributed by atoms with E-state index < -0.39 is 5.91 Å². The number of benzene rings is 2. The van der Waals surface area contributed by atoms with Crippen LogP contribution in [-0.4, -0.2) is 33.7 Å². The molecule has 2 aromatic carbocycles. The van der Waals surface area contributed by atoms with Gasteiger partial charge in [0.15, 0.2) is 5.16 Å². The van der Waals surface area contributed by atoms with E-state index in [1.54, 1.807) is 4.57 Å². The van der Waals surface area contributed by atoms with E-state index in [1.165, 1.54) is 0 Å². The van der Waals surface area contributed by atoms with Crippen LogP contribution in [0.5, 0.6) is 0 Å². The first-order chi connectivity index (χ1) is 12.5. The molecule has 2 amide bonds. The minimum Gasteiger partial charge on any atom is -0.368 e. The van der Waals surface area contributed by atoms with Crippen molar-refractivity contribution in [3.63, 3.8) is 0 Å². The molecule has 0 aliphatic rings. The number of nitrogens with one attached hydrogen (secondary N) is 1. The normalized spacial score (nSPS) is 11.0. The van der Waals surface area contributed by atoms with Gasteiger partial charge in [-0.05, 0) is 29.8 Å². The van der Waals surface area contributed by atoms with Gasteiger partial charge < -0.3 is 11.1 Å². The van der Waals surface area contributed by atoms with Crippen LogP contribution in [0.1, 0.15) is 6.92 Å². The van der Waals surface area contributed by atoms with Gasteiger partial charge in [0.2, 0.25) is 11.8 Å². The summed E-state index contributed by atoms with van der Waals surface area (Å²) in [6, 6.07) is 11.5. The zero-order valence-electron chi connectivity index (χ0n) is 14.2. The van der Waals surface area contributed by atoms with Crippen LogP contribution in [0.3, 0.4) is 0 Å². The standard InChI is InChI=1S/C18H18N4O3S/c1-2-22-17(25)13-7-11-5-3-4-6-12(11)8-14(13)21-18(22)26-10-16(24)20-9-15(19)23/h3-8H,2,9-10H2,1H3,(H2,19,23)(H,20,24). The molecule has 8 heteroatoms. The van der Waals surface area contributed by atoms with Crippen molar-refractivity contribution in [1.29, 1.82) is 0 Å². The van der Waals surface area contributed by atoms with Crippen LogP contribution in [0.4, 0.5) is 0 Å². The lowest BCUT2D eigenvalue weighted by Gasteiger charge is -2.11. The number of amides is 2. The van der Waals surface area contributed by atoms with Crippen LogP contribution >= 0.6 is 11.8 Å². The third-order valence-corrected chi connectivity index (χ3v) is 4.87. The highest BCUT2D eigenvalue weighted by Crippen LogP contribution is 2.22. The summed E-state index contributed by atoms with van der Waals surface area (Å²) in [5.41, 5.74) is 5.46. The Morgan fingerprint density at radius 1 is 1.23 bits per heavy atom. The van der Waals surface area contributed by atoms with E-state index in [-0.39, 0.29) is 23.8 Å². The lowest BCUT2D eigenvalue weighted by atomic mass is 10.1. The van der Waals surface area contributed by atoms with Crippen LogP contribution in [0.25, 0.3) is 21.7 Å². The van der Waals surface area contributed by atoms with E-state index in [1.807, 2.05) is 43.3 Å². The summed E-state index contributed by atoms with van der Waals surface area (Å²) in [6.45, 7) is 2.09. The molecule has 0 atom stereocenters. The zero-order valence-corrected chi connectivity index (χ0v) is 15.0. The summed E-state index contributed by atoms with van der Waals surface area (Å²) >= 11 is 1.15. The van der Waals surface area contributed by atoms with E-state index >= 15 is 0 Å². The average Bonchev–Trinajstić information content (AvgIpc) is 2.63. The molecule has 0 bridgehead atoms. The fourth-order valence-electron chi connectivity index (χ4n) is 2.64. The summed E-state index contributed by atoms with van der Waals surface area (Å²) in [5, 5.41) is 5.41. The van der Waals surface area contributed by atoms with Gasteiger partial charge in [-0.25, -0.2) is 4.98 Å². The molecule has 1 aromatic heterocycles. The maximum atomic E-state index is 12.8. The molecule has 0 spiro atoms. The Balaban J connectivity index is 1.96. The van der Waals surface area contributed by atoms with Crippen molar-refractivity contribution in [3.05, 3.63) is 46.8 Å². The number of carbonyl (C=O) groups excluding carboxylic acids is 2. The Morgan fingerprint density at radius 3 is 2.58 bits per heavy atom. The van der Waals surface area contributed by atoms with E-state index in [4.69, 9.17) is 5.73 Å². The highest BCUT2D eigenvalue weighted by molar-refractivity contribution is 7.99. The molecule has 26 heavy (non-hydrogen) atoms. The molecule has 0 fully saturated rings. The Labute approximate surface area is 153 Å². The summed E-state index contributed by atoms with van der Waals surface area (Å²) in [7, 11) is 0. The summed E-state index contributed by atoms with van der Waals surface area (Å²) < 4.78 is 1.54. The Morgan fingerprint density at radius 2 is 1.92 bits per heavy atom. The van der Waals surface area contributed by atoms with Gasteiger partial charge in [-0.2, -0.15) is 0 Å². The van der Waals surface area contributed by atoms with Gasteiger partial charge in [-0.1, -0.05) is 36.0 Å². The monoisotopic (exact) mass is 370 g/mol. The fourth-order valence-corrected chi connectivity index (χ4v) is 3.54. The number of nitrogens with two attached hydrogens (primary N) is 1. The minimum atomic E-state index is -0.607. The number of aromatic nitrogens is 2. The third-order valence-electron chi connectivity index (χ3n) is 3.89. The molecule has 0 saturated carbocycles. The van der Waals surface area contributed by atoms with Crippen molar-refractivity contribution in [1.82, 2.24) is 14.9 Å². The number of thioether (sulfide) groups is 1. The quantitative estimate of drug-likeness (QED) is 0.386. The minimum absolute atomic E-state index is 0.0405. The van der Waals surface area contributed by atoms with Crippen molar-refractivity contribution in [2.24, 2.45) is 5.73 Å². The zero-order chi connectivity index (χ0) is 18.7. The second-order valence-corrected chi connectivity index (χ2v) is 6.63. The smallest absolute Gasteiger partial charge is 0.262 e. The van der Waals surface area contributed by atoms with Crippen LogP contribution in [0, 0.1) is 0 Å². The molecule has 0 aliphatic heterocycles. The molecule has 0 radical (unpaired) electrons. The number of primary amides is 1. The topological polar surface area (TPSA) is 107 Å². The number of fused-ring (bicyclic) bond motifs is 2. The summed E-state index contributed by atoms with van der Waals surface area (Å²) in [5.74, 6) is -0.910. The SMILES string of the molecule is CCn1c(SCC(=O)NCC(N)=O)nc2cc3ccccc3cc2c1=O. The second-order valence-electron chi connectivity index (χ2n) is 5.69. The molecule has 7 nitrogen and oxygen atoms in total. The van der Waals surface area contributed by atoms with Gasteiger partial charge in [-0.15, -0.1) is 0 Å². The van der Waals surface area contributed by atoms with Crippen LogP contribution < -0.4 is 16.6 Å². The predicted molar refractivity (Wildman–Crippen MR) is 102 cm³/mol. The van der Waals surface area contributed by atoms with Gasteiger partial charge >= 0.3 is 0 Å². The number of rotatable bonds is 6. The summed E-state index contributed by atoms with van der Waals surface area (Å²) in [4.78, 5) is 39.9. The highest BCUT2D eigenvalue weighted by Gasteiger charge is 2.13. The number of carbonyl (C=O) groups is 2. The first-order valence-electron chi connectivity index (χ1n) is 8.10. The Kier molecular flexibility index (Phi) is 5.22. The van der Waals surface area contributed by atoms with Gasteiger partial charge in [0.25, 0.3) is 5.56 Å². The van der Waals surface area contributed by atoms with Crippen molar-refractivity contribution in [2.45, 2.75) is 18.6 Å². The van der Waals surface area contributed by atoms with Gasteiger partial charge in [-0.3, -0.25) is 19.0 Å². The fraction of sp³-hybridized carbons (Fsp3) is 0.222. The van der Waals surface area contributed by atoms with Crippen LogP contribution in [-0.2, 0) is 16.1 Å². The highest BCUT2D eigenvalue weighted by atomic mass is 32.2. The summed E-state index contributed by atoms with van der Waals surface area (Å²) in [6.07, 6.45) is 0. The molecular weight excluding hydrogens is 352 g/mol. The molecule has 3 rings (SSSR count). The maximum absolute atomic E-state index is 12.8. The molecule has 0 saturated heterocycles. The first-order valence-corrected chi connectivity index (χ1v) is 9.09. The first kappa shape index (κ1) is 17.9. The second kappa shape index (κ2) is 7.57. The van der Waals surface area contributed by atoms with E-state index in [2.05, 4.69) is 10.3 Å². The predicted octanol–water partition coefficient (Wildman–Crippen LogP) is 1.26. The van der Waals surface area contributed by atoms with Crippen molar-refractivity contribution < 1.29 is 9.59 Å². The molecule has 3 aromatic rings. The molecule has 3 N–H and O–H groups in total. The van der Waals surface area contributed by atoms with E-state index in [0.29, 0.717) is 22.6 Å². The van der Waals surface area contributed by atoms with Crippen LogP contribution in [0.2, 0.25) is 0 Å². The van der Waals surface area contributed by atoms with Crippen LogP contribution in [0.15, 0.2) is 46.3 Å². The Bertz CT molecular complexity index is 1060. The number of nitrogens with zero attached hydrogens (tertiary/aromatic N) is 2. The molecule has 134 valence electrons. The van der Waals surface area contributed by atoms with Gasteiger partial charge in [0, 0.05) is 6.54 Å². The molecule has 0 aliphatic carbocycles. The third kappa shape index (κ3) is 3.70. The number of hydrogen-bond acceptors (Lipinski definition) is 5. The van der Waals surface area contributed by atoms with Crippen molar-refractivity contribution in [2.75, 3.05) is 12.3 Å². The van der Waals surface area contributed by atoms with Gasteiger partial charge in [0.1, 0.15) is 0 Å². The number of hydrogen-bond donors (Lipinski definition) is 2. The largest absolute Gasteiger partial charge is 0.368 e. The maximum Gasteiger partial charge on any atom is 0.262 e. The van der Waals surface area contributed by atoms with Crippen molar-refractivity contribution in [3.8, 4) is 0 Å². The molecular formula is C18H18N4O3S. The van der Waals surface area contributed by atoms with Gasteiger partial charge in [0.05, 0.1) is 23.2 Å². The molecule has 1 heterocycles. The van der Waals surface area contributed by atoms with E-state index in [9.17, 15) is 14.4 Å². The van der Waals surface area contributed by atoms with Crippen molar-refractivity contribution >= 4 is 45.3 Å². The lowest BCUT2D eigenvalue weighted by Crippen LogP contribution is -2.34. The molecule has 0 unspecified atom stereocenters. The Hall–Kier alpha value is -2.87. The lowest BCUT2D eigenvalue weighted by molar-refractivity contribution is -0.123. The van der Waals surface area contributed by atoms with E-state index in [0.717, 1.165) is 22.5 Å².